The summed E-state index contributed by atoms with van der Waals surface area (Å²) in [4.78, 5) is 14.5. The zero-order valence-electron chi connectivity index (χ0n) is 15.4. The number of nitrogens with zero attached hydrogens (tertiary/aromatic N) is 2. The zero-order chi connectivity index (χ0) is 19.7. The molecule has 1 aromatic heterocycles. The number of amides is 1. The van der Waals surface area contributed by atoms with Crippen molar-refractivity contribution in [2.24, 2.45) is 0 Å². The summed E-state index contributed by atoms with van der Waals surface area (Å²) in [5, 5.41) is 13.3. The molecule has 1 aromatic carbocycles. The van der Waals surface area contributed by atoms with Crippen LogP contribution in [0.25, 0.3) is 0 Å². The lowest BCUT2D eigenvalue weighted by Crippen LogP contribution is -2.38. The molecule has 2 aliphatic heterocycles. The molecule has 4 rings (SSSR count). The summed E-state index contributed by atoms with van der Waals surface area (Å²) in [5.41, 5.74) is 2.91. The van der Waals surface area contributed by atoms with E-state index in [1.54, 1.807) is 6.07 Å². The third kappa shape index (κ3) is 4.94. The number of hydrogen-bond acceptors (Lipinski definition) is 5. The second kappa shape index (κ2) is 8.50. The quantitative estimate of drug-likeness (QED) is 0.692. The number of aromatic amines is 1. The lowest BCUT2D eigenvalue weighted by Gasteiger charge is -2.20. The van der Waals surface area contributed by atoms with Crippen LogP contribution in [0, 0.1) is 0 Å². The number of carbonyl (C=O) groups excluding carboxylic acids is 1. The van der Waals surface area contributed by atoms with Gasteiger partial charge in [0.1, 0.15) is 5.75 Å². The van der Waals surface area contributed by atoms with E-state index in [1.165, 1.54) is 18.2 Å². The maximum absolute atomic E-state index is 12.6. The molecule has 11 heteroatoms. The van der Waals surface area contributed by atoms with Crippen LogP contribution in [-0.4, -0.2) is 48.1 Å². The van der Waals surface area contributed by atoms with Gasteiger partial charge in [-0.15, -0.1) is 25.6 Å². The molecule has 29 heavy (non-hydrogen) atoms. The summed E-state index contributed by atoms with van der Waals surface area (Å²) in [5.74, 6) is -0.490. The molecule has 1 atom stereocenters. The van der Waals surface area contributed by atoms with Gasteiger partial charge in [-0.2, -0.15) is 5.10 Å². The predicted octanol–water partition coefficient (Wildman–Crippen LogP) is 2.38. The van der Waals surface area contributed by atoms with Crippen LogP contribution in [0.1, 0.15) is 28.2 Å². The molecular weight excluding hydrogens is 411 g/mol. The van der Waals surface area contributed by atoms with Crippen LogP contribution < -0.4 is 20.3 Å². The Labute approximate surface area is 171 Å². The molecule has 0 saturated carbocycles. The van der Waals surface area contributed by atoms with Crippen LogP contribution in [0.5, 0.6) is 5.75 Å². The SMILES string of the molecule is Cl.O=C(NC1CCN(c2cccc(OC(F)(F)F)c2)C1)c1n[nH]c2c1CNCC2. The van der Waals surface area contributed by atoms with Crippen molar-refractivity contribution in [3.63, 3.8) is 0 Å². The van der Waals surface area contributed by atoms with E-state index >= 15 is 0 Å². The van der Waals surface area contributed by atoms with Gasteiger partial charge >= 0.3 is 6.36 Å². The van der Waals surface area contributed by atoms with E-state index in [-0.39, 0.29) is 30.1 Å². The molecule has 1 fully saturated rings. The van der Waals surface area contributed by atoms with Crippen LogP contribution >= 0.6 is 12.4 Å². The van der Waals surface area contributed by atoms with Crippen LogP contribution in [0.3, 0.4) is 0 Å². The van der Waals surface area contributed by atoms with Gasteiger partial charge in [0.2, 0.25) is 0 Å². The van der Waals surface area contributed by atoms with Crippen molar-refractivity contribution in [1.29, 1.82) is 0 Å². The average Bonchev–Trinajstić information content (AvgIpc) is 3.27. The van der Waals surface area contributed by atoms with Crippen molar-refractivity contribution in [1.82, 2.24) is 20.8 Å². The fourth-order valence-electron chi connectivity index (χ4n) is 3.66. The number of alkyl halides is 3. The van der Waals surface area contributed by atoms with Crippen molar-refractivity contribution >= 4 is 24.0 Å². The van der Waals surface area contributed by atoms with E-state index in [4.69, 9.17) is 0 Å². The van der Waals surface area contributed by atoms with Gasteiger partial charge < -0.3 is 20.3 Å². The summed E-state index contributed by atoms with van der Waals surface area (Å²) in [6, 6.07) is 5.76. The van der Waals surface area contributed by atoms with E-state index in [9.17, 15) is 18.0 Å². The second-order valence-corrected chi connectivity index (χ2v) is 6.91. The molecule has 1 saturated heterocycles. The van der Waals surface area contributed by atoms with Gasteiger partial charge in [0, 0.05) is 61.7 Å². The maximum Gasteiger partial charge on any atom is 0.573 e. The molecule has 0 spiro atoms. The molecule has 0 aliphatic carbocycles. The number of hydrogen-bond donors (Lipinski definition) is 3. The molecule has 3 N–H and O–H groups in total. The predicted molar refractivity (Wildman–Crippen MR) is 102 cm³/mol. The van der Waals surface area contributed by atoms with Gasteiger partial charge in [-0.25, -0.2) is 0 Å². The molecule has 0 bridgehead atoms. The van der Waals surface area contributed by atoms with Gasteiger partial charge in [0.15, 0.2) is 5.69 Å². The number of H-pyrrole nitrogens is 1. The number of carbonyl (C=O) groups is 1. The van der Waals surface area contributed by atoms with Gasteiger partial charge in [0.05, 0.1) is 0 Å². The molecule has 2 aliphatic rings. The molecule has 2 aromatic rings. The number of rotatable bonds is 4. The average molecular weight is 432 g/mol. The highest BCUT2D eigenvalue weighted by Crippen LogP contribution is 2.28. The molecule has 1 amide bonds. The van der Waals surface area contributed by atoms with Crippen molar-refractivity contribution in [2.75, 3.05) is 24.5 Å². The fourth-order valence-corrected chi connectivity index (χ4v) is 3.66. The van der Waals surface area contributed by atoms with E-state index < -0.39 is 6.36 Å². The van der Waals surface area contributed by atoms with E-state index in [1.807, 2.05) is 4.90 Å². The smallest absolute Gasteiger partial charge is 0.406 e. The first-order chi connectivity index (χ1) is 13.4. The van der Waals surface area contributed by atoms with Crippen LogP contribution in [0.2, 0.25) is 0 Å². The highest BCUT2D eigenvalue weighted by Gasteiger charge is 2.32. The summed E-state index contributed by atoms with van der Waals surface area (Å²) >= 11 is 0. The first-order valence-corrected chi connectivity index (χ1v) is 9.07. The first-order valence-electron chi connectivity index (χ1n) is 9.07. The van der Waals surface area contributed by atoms with Gasteiger partial charge in [-0.1, -0.05) is 6.07 Å². The van der Waals surface area contributed by atoms with Gasteiger partial charge in [0.25, 0.3) is 5.91 Å². The highest BCUT2D eigenvalue weighted by molar-refractivity contribution is 5.94. The van der Waals surface area contributed by atoms with Crippen molar-refractivity contribution in [3.05, 3.63) is 41.2 Å². The summed E-state index contributed by atoms with van der Waals surface area (Å²) in [6.07, 6.45) is -3.22. The number of halogens is 4. The fraction of sp³-hybridized carbons (Fsp3) is 0.444. The molecule has 7 nitrogen and oxygen atoms in total. The largest absolute Gasteiger partial charge is 0.573 e. The Kier molecular flexibility index (Phi) is 6.23. The normalized spacial score (nSPS) is 18.7. The first kappa shape index (κ1) is 21.3. The Morgan fingerprint density at radius 1 is 1.34 bits per heavy atom. The monoisotopic (exact) mass is 431 g/mol. The summed E-state index contributed by atoms with van der Waals surface area (Å²) in [6.45, 7) is 2.59. The van der Waals surface area contributed by atoms with Crippen molar-refractivity contribution in [2.45, 2.75) is 31.8 Å². The molecule has 0 radical (unpaired) electrons. The Morgan fingerprint density at radius 3 is 2.97 bits per heavy atom. The number of benzene rings is 1. The third-order valence-corrected chi connectivity index (χ3v) is 4.96. The van der Waals surface area contributed by atoms with Crippen LogP contribution in [-0.2, 0) is 13.0 Å². The van der Waals surface area contributed by atoms with Gasteiger partial charge in [-0.05, 0) is 18.6 Å². The minimum absolute atomic E-state index is 0. The standard InChI is InChI=1S/C18H20F3N5O2.ClH/c19-18(20,21)28-13-3-1-2-12(8-13)26-7-5-11(10-26)23-17(27)16-14-9-22-6-4-15(14)24-25-16;/h1-3,8,11,22H,4-7,9-10H2,(H,23,27)(H,24,25);1H. The minimum atomic E-state index is -4.72. The Morgan fingerprint density at radius 2 is 2.17 bits per heavy atom. The van der Waals surface area contributed by atoms with E-state index in [0.29, 0.717) is 37.4 Å². The van der Waals surface area contributed by atoms with Crippen LogP contribution in [0.15, 0.2) is 24.3 Å². The van der Waals surface area contributed by atoms with Crippen molar-refractivity contribution < 1.29 is 22.7 Å². The Balaban J connectivity index is 0.00000240. The molecular formula is C18H21ClF3N5O2. The third-order valence-electron chi connectivity index (χ3n) is 4.96. The number of ether oxygens (including phenoxy) is 1. The van der Waals surface area contributed by atoms with Gasteiger partial charge in [-0.3, -0.25) is 9.89 Å². The number of anilines is 1. The lowest BCUT2D eigenvalue weighted by atomic mass is 10.1. The highest BCUT2D eigenvalue weighted by atomic mass is 35.5. The molecule has 3 heterocycles. The number of nitrogens with one attached hydrogen (secondary N) is 3. The molecule has 1 unspecified atom stereocenters. The topological polar surface area (TPSA) is 82.3 Å². The Hall–Kier alpha value is -2.46. The number of fused-ring (bicyclic) bond motifs is 1. The van der Waals surface area contributed by atoms with E-state index in [2.05, 4.69) is 25.6 Å². The van der Waals surface area contributed by atoms with Crippen LogP contribution in [0.4, 0.5) is 18.9 Å². The van der Waals surface area contributed by atoms with E-state index in [0.717, 1.165) is 24.2 Å². The van der Waals surface area contributed by atoms with Crippen molar-refractivity contribution in [3.8, 4) is 5.75 Å². The second-order valence-electron chi connectivity index (χ2n) is 6.91. The molecule has 158 valence electrons. The summed E-state index contributed by atoms with van der Waals surface area (Å²) < 4.78 is 41.2. The minimum Gasteiger partial charge on any atom is -0.406 e. The lowest BCUT2D eigenvalue weighted by molar-refractivity contribution is -0.274. The Bertz CT molecular complexity index is 873. The maximum atomic E-state index is 12.6. The number of aromatic nitrogens is 2. The zero-order valence-corrected chi connectivity index (χ0v) is 16.2. The summed E-state index contributed by atoms with van der Waals surface area (Å²) in [7, 11) is 0.